The molecule has 5 rings (SSSR count). The van der Waals surface area contributed by atoms with Crippen LogP contribution in [0.3, 0.4) is 0 Å². The lowest BCUT2D eigenvalue weighted by molar-refractivity contribution is 0.278. The predicted octanol–water partition coefficient (Wildman–Crippen LogP) is 3.53. The van der Waals surface area contributed by atoms with E-state index in [0.717, 1.165) is 65.5 Å². The molecule has 2 N–H and O–H groups in total. The lowest BCUT2D eigenvalue weighted by Gasteiger charge is -2.22. The Morgan fingerprint density at radius 3 is 2.97 bits per heavy atom. The topological polar surface area (TPSA) is 98.0 Å². The molecule has 0 aliphatic carbocycles. The van der Waals surface area contributed by atoms with Crippen LogP contribution in [0.25, 0.3) is 22.3 Å². The van der Waals surface area contributed by atoms with Gasteiger partial charge < -0.3 is 19.7 Å². The van der Waals surface area contributed by atoms with Crippen LogP contribution in [-0.2, 0) is 13.0 Å². The van der Waals surface area contributed by atoms with Crippen LogP contribution in [0.5, 0.6) is 5.75 Å². The van der Waals surface area contributed by atoms with Crippen molar-refractivity contribution in [3.8, 4) is 17.0 Å². The number of ether oxygens (including phenoxy) is 1. The maximum atomic E-state index is 9.20. The minimum Gasteiger partial charge on any atom is -0.491 e. The van der Waals surface area contributed by atoms with Crippen LogP contribution < -0.4 is 10.1 Å². The number of anilines is 1. The van der Waals surface area contributed by atoms with Crippen molar-refractivity contribution < 1.29 is 9.84 Å². The molecule has 0 spiro atoms. The Morgan fingerprint density at radius 2 is 2.09 bits per heavy atom. The molecule has 9 heteroatoms. The minimum atomic E-state index is 0. The van der Waals surface area contributed by atoms with Gasteiger partial charge in [0.15, 0.2) is 0 Å². The highest BCUT2D eigenvalue weighted by Crippen LogP contribution is 2.32. The summed E-state index contributed by atoms with van der Waals surface area (Å²) in [5.74, 6) is 1.96. The fourth-order valence-electron chi connectivity index (χ4n) is 4.14. The smallest absolute Gasteiger partial charge is 0.144 e. The van der Waals surface area contributed by atoms with Crippen LogP contribution in [0.1, 0.15) is 30.5 Å². The standard InChI is InChI=1S/C24H26N6O2.H2S/c1-16(19-4-6-25-20-3-2-10-32-23(19)20)13-26-22-12-21(28-15-29-22)18-11-17-5-7-30(8-9-31)24(17)27-14-18;/h4-7,11-12,14-16,31H,2-3,8-10,13H2,1H3,(H,26,28,29);1H2/t16-;/m1./s1. The summed E-state index contributed by atoms with van der Waals surface area (Å²) in [5, 5.41) is 13.7. The Kier molecular flexibility index (Phi) is 7.10. The molecule has 0 saturated heterocycles. The highest BCUT2D eigenvalue weighted by Gasteiger charge is 2.19. The summed E-state index contributed by atoms with van der Waals surface area (Å²) in [6.45, 7) is 4.26. The van der Waals surface area contributed by atoms with E-state index in [2.05, 4.69) is 38.2 Å². The van der Waals surface area contributed by atoms with Crippen molar-refractivity contribution in [2.75, 3.05) is 25.1 Å². The van der Waals surface area contributed by atoms with Crippen LogP contribution in [0, 0.1) is 0 Å². The fourth-order valence-corrected chi connectivity index (χ4v) is 4.14. The van der Waals surface area contributed by atoms with E-state index in [1.54, 1.807) is 6.33 Å². The van der Waals surface area contributed by atoms with E-state index in [9.17, 15) is 5.11 Å². The number of nitrogens with zero attached hydrogens (tertiary/aromatic N) is 5. The number of aromatic nitrogens is 5. The molecule has 0 fully saturated rings. The SMILES string of the molecule is C[C@H](CNc1cc(-c2cnc3c(ccn3CCO)c2)ncn1)c1ccnc2c1OCCC2.S. The highest BCUT2D eigenvalue weighted by molar-refractivity contribution is 7.59. The molecule has 0 radical (unpaired) electrons. The van der Waals surface area contributed by atoms with Gasteiger partial charge in [0.1, 0.15) is 23.5 Å². The summed E-state index contributed by atoms with van der Waals surface area (Å²) in [5.41, 5.74) is 4.82. The quantitative estimate of drug-likeness (QED) is 0.432. The Morgan fingerprint density at radius 1 is 1.18 bits per heavy atom. The van der Waals surface area contributed by atoms with E-state index in [4.69, 9.17) is 4.74 Å². The van der Waals surface area contributed by atoms with Gasteiger partial charge >= 0.3 is 0 Å². The predicted molar refractivity (Wildman–Crippen MR) is 133 cm³/mol. The number of fused-ring (bicyclic) bond motifs is 2. The van der Waals surface area contributed by atoms with Crippen molar-refractivity contribution in [1.82, 2.24) is 24.5 Å². The van der Waals surface area contributed by atoms with E-state index in [1.807, 2.05) is 41.4 Å². The average molecular weight is 465 g/mol. The van der Waals surface area contributed by atoms with Crippen molar-refractivity contribution in [1.29, 1.82) is 0 Å². The number of aryl methyl sites for hydroxylation is 1. The third-order valence-corrected chi connectivity index (χ3v) is 5.84. The molecule has 1 aliphatic heterocycles. The van der Waals surface area contributed by atoms with E-state index >= 15 is 0 Å². The van der Waals surface area contributed by atoms with Crippen LogP contribution >= 0.6 is 13.5 Å². The second-order valence-corrected chi connectivity index (χ2v) is 8.07. The molecule has 172 valence electrons. The number of aliphatic hydroxyl groups excluding tert-OH is 1. The maximum absolute atomic E-state index is 9.20. The first-order valence-electron chi connectivity index (χ1n) is 11.0. The minimum absolute atomic E-state index is 0. The molecule has 0 aromatic carbocycles. The molecule has 0 saturated carbocycles. The Balaban J connectivity index is 0.00000259. The third kappa shape index (κ3) is 4.79. The Hall–Kier alpha value is -3.17. The molecule has 1 aliphatic rings. The van der Waals surface area contributed by atoms with Crippen LogP contribution in [0.4, 0.5) is 5.82 Å². The van der Waals surface area contributed by atoms with Gasteiger partial charge in [-0.05, 0) is 31.0 Å². The van der Waals surface area contributed by atoms with Gasteiger partial charge in [0.2, 0.25) is 0 Å². The molecule has 0 unspecified atom stereocenters. The molecule has 8 nitrogen and oxygen atoms in total. The second-order valence-electron chi connectivity index (χ2n) is 8.07. The second kappa shape index (κ2) is 10.2. The number of pyridine rings is 2. The number of hydrogen-bond acceptors (Lipinski definition) is 7. The summed E-state index contributed by atoms with van der Waals surface area (Å²) >= 11 is 0. The van der Waals surface area contributed by atoms with Crippen molar-refractivity contribution >= 4 is 30.3 Å². The molecular weight excluding hydrogens is 436 g/mol. The van der Waals surface area contributed by atoms with Crippen LogP contribution in [0.15, 0.2) is 49.2 Å². The molecule has 0 bridgehead atoms. The van der Waals surface area contributed by atoms with Gasteiger partial charge in [-0.3, -0.25) is 4.98 Å². The zero-order valence-electron chi connectivity index (χ0n) is 18.5. The molecule has 1 atom stereocenters. The zero-order valence-corrected chi connectivity index (χ0v) is 19.5. The highest BCUT2D eigenvalue weighted by atomic mass is 32.1. The molecular formula is C24H28N6O2S. The Labute approximate surface area is 199 Å². The molecule has 4 aromatic heterocycles. The zero-order chi connectivity index (χ0) is 21.9. The molecule has 0 amide bonds. The first-order chi connectivity index (χ1) is 15.7. The largest absolute Gasteiger partial charge is 0.491 e. The van der Waals surface area contributed by atoms with E-state index in [1.165, 1.54) is 5.56 Å². The molecule has 5 heterocycles. The van der Waals surface area contributed by atoms with Crippen molar-refractivity contribution in [2.45, 2.75) is 32.2 Å². The van der Waals surface area contributed by atoms with Gasteiger partial charge in [0.25, 0.3) is 0 Å². The van der Waals surface area contributed by atoms with Crippen LogP contribution in [-0.4, -0.2) is 49.4 Å². The van der Waals surface area contributed by atoms with E-state index in [-0.39, 0.29) is 26.0 Å². The van der Waals surface area contributed by atoms with Gasteiger partial charge in [-0.2, -0.15) is 13.5 Å². The summed E-state index contributed by atoms with van der Waals surface area (Å²) in [4.78, 5) is 17.9. The van der Waals surface area contributed by atoms with Gasteiger partial charge in [0, 0.05) is 60.2 Å². The summed E-state index contributed by atoms with van der Waals surface area (Å²) in [7, 11) is 0. The molecule has 4 aromatic rings. The lowest BCUT2D eigenvalue weighted by Crippen LogP contribution is -2.16. The normalized spacial score (nSPS) is 13.6. The van der Waals surface area contributed by atoms with Gasteiger partial charge in [0.05, 0.1) is 24.6 Å². The third-order valence-electron chi connectivity index (χ3n) is 5.84. The van der Waals surface area contributed by atoms with Gasteiger partial charge in [-0.1, -0.05) is 6.92 Å². The van der Waals surface area contributed by atoms with E-state index < -0.39 is 0 Å². The maximum Gasteiger partial charge on any atom is 0.144 e. The summed E-state index contributed by atoms with van der Waals surface area (Å²) < 4.78 is 7.86. The fraction of sp³-hybridized carbons (Fsp3) is 0.333. The summed E-state index contributed by atoms with van der Waals surface area (Å²) in [6.07, 6.45) is 9.19. The monoisotopic (exact) mass is 464 g/mol. The van der Waals surface area contributed by atoms with Gasteiger partial charge in [-0.15, -0.1) is 0 Å². The number of aliphatic hydroxyl groups is 1. The van der Waals surface area contributed by atoms with Crippen molar-refractivity contribution in [2.24, 2.45) is 0 Å². The number of nitrogens with one attached hydrogen (secondary N) is 1. The number of rotatable bonds is 7. The van der Waals surface area contributed by atoms with E-state index in [0.29, 0.717) is 6.54 Å². The van der Waals surface area contributed by atoms with Crippen molar-refractivity contribution in [3.63, 3.8) is 0 Å². The average Bonchev–Trinajstić information content (AvgIpc) is 3.24. The first kappa shape index (κ1) is 23.0. The van der Waals surface area contributed by atoms with Crippen molar-refractivity contribution in [3.05, 3.63) is 60.4 Å². The van der Waals surface area contributed by atoms with Gasteiger partial charge in [-0.25, -0.2) is 15.0 Å². The lowest BCUT2D eigenvalue weighted by atomic mass is 9.98. The Bertz CT molecular complexity index is 1240. The number of hydrogen-bond donors (Lipinski definition) is 2. The summed E-state index contributed by atoms with van der Waals surface area (Å²) in [6, 6.07) is 8.05. The molecule has 33 heavy (non-hydrogen) atoms. The van der Waals surface area contributed by atoms with Crippen LogP contribution in [0.2, 0.25) is 0 Å². The first-order valence-corrected chi connectivity index (χ1v) is 11.0.